The Bertz CT molecular complexity index is 1700. The summed E-state index contributed by atoms with van der Waals surface area (Å²) in [7, 11) is -3.16. The molecule has 0 radical (unpaired) electrons. The Labute approximate surface area is 252 Å². The Hall–Kier alpha value is -4.05. The topological polar surface area (TPSA) is 126 Å². The maximum atomic E-state index is 13.6. The van der Waals surface area contributed by atoms with Crippen molar-refractivity contribution in [1.29, 1.82) is 5.26 Å². The molecule has 2 heterocycles. The zero-order valence-electron chi connectivity index (χ0n) is 23.8. The molecule has 2 aliphatic carbocycles. The fraction of sp³-hybridized carbons (Fsp3) is 0.452. The monoisotopic (exact) mass is 628 g/mol. The molecule has 3 aliphatic rings. The first-order chi connectivity index (χ1) is 21.0. The Morgan fingerprint density at radius 3 is 2.39 bits per heavy atom. The molecule has 1 aromatic heterocycles. The fourth-order valence-corrected chi connectivity index (χ4v) is 7.33. The highest BCUT2D eigenvalue weighted by Gasteiger charge is 2.47. The number of hydrogen-bond donors (Lipinski definition) is 1. The van der Waals surface area contributed by atoms with E-state index in [0.29, 0.717) is 48.4 Å². The van der Waals surface area contributed by atoms with Crippen molar-refractivity contribution in [3.8, 4) is 34.5 Å². The Balaban J connectivity index is 1.46. The maximum Gasteiger partial charge on any atom is 0.573 e. The van der Waals surface area contributed by atoms with E-state index >= 15 is 0 Å². The normalized spacial score (nSPS) is 22.5. The number of para-hydroxylation sites is 2. The number of nitrogens with one attached hydrogen (secondary N) is 1. The summed E-state index contributed by atoms with van der Waals surface area (Å²) in [5.74, 6) is -1.47. The van der Waals surface area contributed by atoms with Gasteiger partial charge in [0.15, 0.2) is 9.84 Å². The van der Waals surface area contributed by atoms with Crippen LogP contribution < -0.4 is 15.0 Å². The van der Waals surface area contributed by atoms with Gasteiger partial charge in [0.25, 0.3) is 0 Å². The summed E-state index contributed by atoms with van der Waals surface area (Å²) < 4.78 is 74.9. The lowest BCUT2D eigenvalue weighted by Crippen LogP contribution is -2.42. The van der Waals surface area contributed by atoms with E-state index in [2.05, 4.69) is 16.1 Å². The van der Waals surface area contributed by atoms with Gasteiger partial charge in [-0.3, -0.25) is 4.79 Å². The first-order valence-corrected chi connectivity index (χ1v) is 16.4. The van der Waals surface area contributed by atoms with Crippen LogP contribution in [-0.2, 0) is 14.6 Å². The van der Waals surface area contributed by atoms with Crippen molar-refractivity contribution in [3.63, 3.8) is 0 Å². The van der Waals surface area contributed by atoms with Gasteiger partial charge in [0.05, 0.1) is 23.1 Å². The lowest BCUT2D eigenvalue weighted by molar-refractivity contribution is -0.274. The summed E-state index contributed by atoms with van der Waals surface area (Å²) in [5, 5.41) is 12.5. The molecule has 1 N–H and O–H groups in total. The molecule has 1 amide bonds. The SMILES string of the molecule is N#CC1(NC(=O)[C@@H]2CCCC[C@H]2c2oc(-c3ccccc3OC(F)(F)F)nc2-c2ccccc2N2CCS(=O)(=O)CC2)CC1. The van der Waals surface area contributed by atoms with E-state index in [9.17, 15) is 31.6 Å². The van der Waals surface area contributed by atoms with E-state index in [4.69, 9.17) is 9.40 Å². The molecule has 1 aliphatic heterocycles. The Kier molecular flexibility index (Phi) is 7.82. The van der Waals surface area contributed by atoms with Crippen molar-refractivity contribution >= 4 is 21.4 Å². The van der Waals surface area contributed by atoms with E-state index in [0.717, 1.165) is 12.8 Å². The van der Waals surface area contributed by atoms with Gasteiger partial charge >= 0.3 is 6.36 Å². The number of aromatic nitrogens is 1. The molecule has 0 unspecified atom stereocenters. The van der Waals surface area contributed by atoms with Gasteiger partial charge in [0.2, 0.25) is 11.8 Å². The molecule has 2 atom stereocenters. The molecule has 6 rings (SSSR count). The predicted molar refractivity (Wildman–Crippen MR) is 155 cm³/mol. The highest BCUT2D eigenvalue weighted by molar-refractivity contribution is 7.91. The zero-order valence-corrected chi connectivity index (χ0v) is 24.6. The number of carbonyl (C=O) groups excluding carboxylic acids is 1. The average molecular weight is 629 g/mol. The summed E-state index contributed by atoms with van der Waals surface area (Å²) >= 11 is 0. The molecule has 2 aromatic carbocycles. The van der Waals surface area contributed by atoms with Crippen LogP contribution in [0.25, 0.3) is 22.7 Å². The summed E-state index contributed by atoms with van der Waals surface area (Å²) in [6.07, 6.45) is -1.06. The van der Waals surface area contributed by atoms with E-state index in [1.807, 2.05) is 23.1 Å². The third-order valence-electron chi connectivity index (χ3n) is 8.61. The maximum absolute atomic E-state index is 13.6. The summed E-state index contributed by atoms with van der Waals surface area (Å²) in [6, 6.07) is 15.1. The van der Waals surface area contributed by atoms with Crippen molar-refractivity contribution in [2.24, 2.45) is 5.92 Å². The van der Waals surface area contributed by atoms with Gasteiger partial charge in [-0.25, -0.2) is 13.4 Å². The smallest absolute Gasteiger partial charge is 0.440 e. The van der Waals surface area contributed by atoms with Gasteiger partial charge in [-0.1, -0.05) is 43.2 Å². The van der Waals surface area contributed by atoms with Gasteiger partial charge < -0.3 is 19.4 Å². The van der Waals surface area contributed by atoms with Gasteiger partial charge in [0, 0.05) is 36.2 Å². The number of sulfone groups is 1. The fourth-order valence-electron chi connectivity index (χ4n) is 6.13. The van der Waals surface area contributed by atoms with Gasteiger partial charge in [0.1, 0.15) is 22.7 Å². The molecule has 44 heavy (non-hydrogen) atoms. The zero-order chi connectivity index (χ0) is 31.1. The first-order valence-electron chi connectivity index (χ1n) is 14.6. The molecular weight excluding hydrogens is 597 g/mol. The number of alkyl halides is 3. The van der Waals surface area contributed by atoms with Crippen molar-refractivity contribution in [2.75, 3.05) is 29.5 Å². The summed E-state index contributed by atoms with van der Waals surface area (Å²) in [5.41, 5.74) is 0.839. The van der Waals surface area contributed by atoms with Gasteiger partial charge in [-0.2, -0.15) is 5.26 Å². The number of benzene rings is 2. The Morgan fingerprint density at radius 1 is 1.05 bits per heavy atom. The second-order valence-electron chi connectivity index (χ2n) is 11.6. The molecule has 2 saturated carbocycles. The lowest BCUT2D eigenvalue weighted by atomic mass is 9.76. The molecule has 1 saturated heterocycles. The van der Waals surface area contributed by atoms with Crippen molar-refractivity contribution in [3.05, 3.63) is 54.3 Å². The number of halogens is 3. The standard InChI is InChI=1S/C31H31F3N4O5S/c32-31(33,34)43-25-12-6-4-10-23(25)29-36-26(22-9-3-5-11-24(22)38-15-17-44(40,41)18-16-38)27(42-29)20-7-1-2-8-21(20)28(39)37-30(19-35)13-14-30/h3-6,9-12,20-21H,1-2,7-8,13-18H2,(H,37,39)/t20-,21-/m1/s1. The van der Waals surface area contributed by atoms with E-state index in [1.165, 1.54) is 18.2 Å². The average Bonchev–Trinajstić information content (AvgIpc) is 3.63. The number of oxazole rings is 1. The third kappa shape index (κ3) is 6.26. The number of rotatable bonds is 7. The largest absolute Gasteiger partial charge is 0.573 e. The van der Waals surface area contributed by atoms with Crippen LogP contribution in [0.1, 0.15) is 50.2 Å². The molecule has 9 nitrogen and oxygen atoms in total. The molecule has 3 aromatic rings. The van der Waals surface area contributed by atoms with Crippen LogP contribution in [0.15, 0.2) is 52.9 Å². The molecule has 0 spiro atoms. The van der Waals surface area contributed by atoms with Crippen molar-refractivity contribution in [1.82, 2.24) is 10.3 Å². The van der Waals surface area contributed by atoms with E-state index in [-0.39, 0.29) is 42.0 Å². The van der Waals surface area contributed by atoms with E-state index < -0.39 is 39.3 Å². The molecule has 13 heteroatoms. The minimum Gasteiger partial charge on any atom is -0.440 e. The second kappa shape index (κ2) is 11.5. The number of carbonyl (C=O) groups is 1. The van der Waals surface area contributed by atoms with Crippen LogP contribution in [0.2, 0.25) is 0 Å². The highest BCUT2D eigenvalue weighted by atomic mass is 32.2. The second-order valence-corrected chi connectivity index (χ2v) is 13.9. The quantitative estimate of drug-likeness (QED) is 0.359. The number of anilines is 1. The number of ether oxygens (including phenoxy) is 1. The van der Waals surface area contributed by atoms with Gasteiger partial charge in [-0.15, -0.1) is 13.2 Å². The van der Waals surface area contributed by atoms with E-state index in [1.54, 1.807) is 12.1 Å². The number of amides is 1. The molecule has 3 fully saturated rings. The van der Waals surface area contributed by atoms with Crippen LogP contribution >= 0.6 is 0 Å². The first kappa shape index (κ1) is 30.0. The van der Waals surface area contributed by atoms with Crippen molar-refractivity contribution < 1.29 is 35.5 Å². The highest BCUT2D eigenvalue weighted by Crippen LogP contribution is 2.47. The van der Waals surface area contributed by atoms with Crippen LogP contribution in [-0.4, -0.2) is 55.8 Å². The van der Waals surface area contributed by atoms with Gasteiger partial charge in [-0.05, 0) is 43.9 Å². The van der Waals surface area contributed by atoms with Crippen LogP contribution in [0.5, 0.6) is 5.75 Å². The molecule has 232 valence electrons. The summed E-state index contributed by atoms with van der Waals surface area (Å²) in [4.78, 5) is 20.3. The minimum atomic E-state index is -4.94. The van der Waals surface area contributed by atoms with Crippen LogP contribution in [0.3, 0.4) is 0 Å². The summed E-state index contributed by atoms with van der Waals surface area (Å²) in [6.45, 7) is 0.540. The van der Waals surface area contributed by atoms with Crippen LogP contribution in [0, 0.1) is 17.2 Å². The number of nitriles is 1. The molecule has 0 bridgehead atoms. The van der Waals surface area contributed by atoms with Crippen LogP contribution in [0.4, 0.5) is 18.9 Å². The predicted octanol–water partition coefficient (Wildman–Crippen LogP) is 5.59. The minimum absolute atomic E-state index is 0.00269. The molecular formula is C31H31F3N4O5S. The van der Waals surface area contributed by atoms with Crippen molar-refractivity contribution in [2.45, 2.75) is 56.3 Å². The number of hydrogen-bond acceptors (Lipinski definition) is 8. The number of nitrogens with zero attached hydrogens (tertiary/aromatic N) is 3. The Morgan fingerprint density at radius 2 is 1.70 bits per heavy atom. The lowest BCUT2D eigenvalue weighted by Gasteiger charge is -2.32. The third-order valence-corrected chi connectivity index (χ3v) is 10.2.